The molecule has 0 aromatic heterocycles. The highest BCUT2D eigenvalue weighted by atomic mass is 32.2. The van der Waals surface area contributed by atoms with E-state index in [1.807, 2.05) is 30.3 Å². The smallest absolute Gasteiger partial charge is 0.291 e. The van der Waals surface area contributed by atoms with Crippen LogP contribution in [0.4, 0.5) is 8.78 Å². The van der Waals surface area contributed by atoms with E-state index in [4.69, 9.17) is 9.66 Å². The molecular formula is C14H20F2O4S. The molecule has 1 aromatic carbocycles. The third-order valence-corrected chi connectivity index (χ3v) is 2.34. The second-order valence-electron chi connectivity index (χ2n) is 4.51. The average Bonchev–Trinajstić information content (AvgIpc) is 2.34. The fourth-order valence-corrected chi connectivity index (χ4v) is 1.27. The topological polar surface area (TPSA) is 74.6 Å². The maximum absolute atomic E-state index is 12.9. The monoisotopic (exact) mass is 322 g/mol. The zero-order chi connectivity index (χ0) is 16.5. The van der Waals surface area contributed by atoms with E-state index in [9.17, 15) is 17.2 Å². The number of alkyl halides is 2. The van der Waals surface area contributed by atoms with Gasteiger partial charge in [-0.2, -0.15) is 17.2 Å². The zero-order valence-electron chi connectivity index (χ0n) is 11.9. The van der Waals surface area contributed by atoms with Crippen LogP contribution in [0.2, 0.25) is 0 Å². The highest BCUT2D eigenvalue weighted by Crippen LogP contribution is 2.20. The van der Waals surface area contributed by atoms with E-state index in [0.717, 1.165) is 25.0 Å². The highest BCUT2D eigenvalue weighted by molar-refractivity contribution is 7.85. The van der Waals surface area contributed by atoms with Crippen molar-refractivity contribution >= 4 is 10.1 Å². The standard InChI is InChI=1S/C13H16F2O.CH4O3S/c1-11(16)13(14,15)10-6-5-9-12-7-3-2-4-8-12;1-5(2,3)4/h2-4,6-8,10-11,16H,5,9H2,1H3;1H3,(H,2,3,4)/b10-6+;. The van der Waals surface area contributed by atoms with Crippen LogP contribution in [0.5, 0.6) is 0 Å². The maximum atomic E-state index is 12.9. The van der Waals surface area contributed by atoms with Crippen LogP contribution in [-0.4, -0.2) is 36.4 Å². The molecule has 120 valence electrons. The zero-order valence-corrected chi connectivity index (χ0v) is 12.7. The summed E-state index contributed by atoms with van der Waals surface area (Å²) in [6, 6.07) is 9.68. The Bertz CT molecular complexity index is 517. The van der Waals surface area contributed by atoms with E-state index in [2.05, 4.69) is 0 Å². The number of aryl methyl sites for hydroxylation is 1. The molecule has 0 radical (unpaired) electrons. The molecule has 0 aliphatic rings. The first-order valence-corrected chi connectivity index (χ1v) is 8.07. The van der Waals surface area contributed by atoms with Crippen LogP contribution in [-0.2, 0) is 16.5 Å². The van der Waals surface area contributed by atoms with Crippen molar-refractivity contribution in [3.8, 4) is 0 Å². The van der Waals surface area contributed by atoms with Gasteiger partial charge in [0.2, 0.25) is 0 Å². The number of hydrogen-bond acceptors (Lipinski definition) is 3. The Morgan fingerprint density at radius 3 is 2.19 bits per heavy atom. The van der Waals surface area contributed by atoms with Crippen molar-refractivity contribution in [2.24, 2.45) is 0 Å². The molecule has 1 atom stereocenters. The minimum atomic E-state index is -3.67. The van der Waals surface area contributed by atoms with Crippen LogP contribution >= 0.6 is 0 Å². The Hall–Kier alpha value is -1.31. The van der Waals surface area contributed by atoms with E-state index in [1.54, 1.807) is 0 Å². The molecule has 4 nitrogen and oxygen atoms in total. The minimum absolute atomic E-state index is 0.548. The molecule has 0 fully saturated rings. The van der Waals surface area contributed by atoms with Crippen LogP contribution in [0, 0.1) is 0 Å². The molecule has 0 aliphatic heterocycles. The van der Waals surface area contributed by atoms with E-state index < -0.39 is 22.1 Å². The van der Waals surface area contributed by atoms with Gasteiger partial charge in [-0.3, -0.25) is 4.55 Å². The van der Waals surface area contributed by atoms with Crippen molar-refractivity contribution in [3.63, 3.8) is 0 Å². The molecule has 0 saturated heterocycles. The predicted octanol–water partition coefficient (Wildman–Crippen LogP) is 2.70. The van der Waals surface area contributed by atoms with E-state index >= 15 is 0 Å². The molecule has 0 heterocycles. The van der Waals surface area contributed by atoms with Crippen molar-refractivity contribution in [1.29, 1.82) is 0 Å². The summed E-state index contributed by atoms with van der Waals surface area (Å²) in [6.45, 7) is 1.08. The van der Waals surface area contributed by atoms with Crippen LogP contribution in [0.15, 0.2) is 42.5 Å². The minimum Gasteiger partial charge on any atom is -0.387 e. The quantitative estimate of drug-likeness (QED) is 0.645. The third kappa shape index (κ3) is 12.2. The largest absolute Gasteiger partial charge is 0.387 e. The molecule has 1 aromatic rings. The first-order chi connectivity index (χ1) is 9.52. The molecule has 2 N–H and O–H groups in total. The number of allylic oxidation sites excluding steroid dienone is 1. The van der Waals surface area contributed by atoms with E-state index in [-0.39, 0.29) is 0 Å². The summed E-state index contributed by atoms with van der Waals surface area (Å²) >= 11 is 0. The van der Waals surface area contributed by atoms with Crippen molar-refractivity contribution < 1.29 is 26.9 Å². The summed E-state index contributed by atoms with van der Waals surface area (Å²) in [5, 5.41) is 8.80. The lowest BCUT2D eigenvalue weighted by atomic mass is 10.1. The Morgan fingerprint density at radius 2 is 1.76 bits per heavy atom. The second kappa shape index (κ2) is 8.86. The van der Waals surface area contributed by atoms with Crippen molar-refractivity contribution in [2.75, 3.05) is 6.26 Å². The number of aliphatic hydroxyl groups excluding tert-OH is 1. The van der Waals surface area contributed by atoms with Crippen molar-refractivity contribution in [2.45, 2.75) is 31.8 Å². The van der Waals surface area contributed by atoms with Gasteiger partial charge < -0.3 is 5.11 Å². The van der Waals surface area contributed by atoms with Gasteiger partial charge in [0.25, 0.3) is 16.0 Å². The third-order valence-electron chi connectivity index (χ3n) is 2.34. The van der Waals surface area contributed by atoms with Gasteiger partial charge in [0, 0.05) is 0 Å². The number of rotatable bonds is 5. The lowest BCUT2D eigenvalue weighted by molar-refractivity contribution is -0.0596. The van der Waals surface area contributed by atoms with E-state index in [0.29, 0.717) is 12.7 Å². The molecular weight excluding hydrogens is 302 g/mol. The van der Waals surface area contributed by atoms with Gasteiger partial charge in [0.05, 0.1) is 6.26 Å². The van der Waals surface area contributed by atoms with Crippen molar-refractivity contribution in [1.82, 2.24) is 0 Å². The summed E-state index contributed by atoms with van der Waals surface area (Å²) in [5.41, 5.74) is 1.12. The lowest BCUT2D eigenvalue weighted by Crippen LogP contribution is -2.27. The molecule has 1 unspecified atom stereocenters. The van der Waals surface area contributed by atoms with Gasteiger partial charge in [-0.05, 0) is 31.4 Å². The van der Waals surface area contributed by atoms with Gasteiger partial charge in [-0.25, -0.2) is 0 Å². The highest BCUT2D eigenvalue weighted by Gasteiger charge is 2.31. The first-order valence-electron chi connectivity index (χ1n) is 6.22. The summed E-state index contributed by atoms with van der Waals surface area (Å²) in [4.78, 5) is 0. The molecule has 1 rings (SSSR count). The Kier molecular flexibility index (Phi) is 8.31. The molecule has 0 spiro atoms. The molecule has 0 aliphatic carbocycles. The SMILES string of the molecule is CC(O)C(F)(F)/C=C/CCc1ccccc1.CS(=O)(=O)O. The van der Waals surface area contributed by atoms with Crippen LogP contribution in [0.3, 0.4) is 0 Å². The van der Waals surface area contributed by atoms with Crippen molar-refractivity contribution in [3.05, 3.63) is 48.0 Å². The number of aliphatic hydroxyl groups is 1. The summed E-state index contributed by atoms with van der Waals surface area (Å²) in [7, 11) is -3.67. The molecule has 0 saturated carbocycles. The van der Waals surface area contributed by atoms with Gasteiger partial charge in [0.1, 0.15) is 6.10 Å². The summed E-state index contributed by atoms with van der Waals surface area (Å²) in [6.07, 6.45) is 2.55. The Balaban J connectivity index is 0.000000690. The second-order valence-corrected chi connectivity index (χ2v) is 5.98. The Morgan fingerprint density at radius 1 is 1.29 bits per heavy atom. The van der Waals surface area contributed by atoms with Crippen LogP contribution in [0.1, 0.15) is 18.9 Å². The molecule has 7 heteroatoms. The van der Waals surface area contributed by atoms with Gasteiger partial charge in [-0.15, -0.1) is 0 Å². The molecule has 0 amide bonds. The fraction of sp³-hybridized carbons (Fsp3) is 0.429. The maximum Gasteiger partial charge on any atom is 0.291 e. The van der Waals surface area contributed by atoms with E-state index in [1.165, 1.54) is 6.08 Å². The number of hydrogen-bond donors (Lipinski definition) is 2. The predicted molar refractivity (Wildman–Crippen MR) is 78.0 cm³/mol. The molecule has 0 bridgehead atoms. The van der Waals surface area contributed by atoms with Gasteiger partial charge >= 0.3 is 0 Å². The van der Waals surface area contributed by atoms with Gasteiger partial charge in [-0.1, -0.05) is 36.4 Å². The van der Waals surface area contributed by atoms with Gasteiger partial charge in [0.15, 0.2) is 0 Å². The summed E-state index contributed by atoms with van der Waals surface area (Å²) in [5.74, 6) is -3.13. The van der Waals surface area contributed by atoms with Crippen LogP contribution < -0.4 is 0 Å². The lowest BCUT2D eigenvalue weighted by Gasteiger charge is -2.14. The normalized spacial score (nSPS) is 13.6. The molecule has 21 heavy (non-hydrogen) atoms. The first kappa shape index (κ1) is 19.7. The summed E-state index contributed by atoms with van der Waals surface area (Å²) < 4.78 is 51.7. The number of benzene rings is 1. The van der Waals surface area contributed by atoms with Crippen LogP contribution in [0.25, 0.3) is 0 Å². The Labute approximate surface area is 123 Å². The fourth-order valence-electron chi connectivity index (χ4n) is 1.27. The number of halogens is 2. The average molecular weight is 322 g/mol.